The van der Waals surface area contributed by atoms with Crippen molar-refractivity contribution in [2.24, 2.45) is 5.92 Å². The van der Waals surface area contributed by atoms with Gasteiger partial charge in [-0.3, -0.25) is 4.90 Å². The zero-order chi connectivity index (χ0) is 28.8. The van der Waals surface area contributed by atoms with E-state index in [1.165, 1.54) is 0 Å². The van der Waals surface area contributed by atoms with E-state index >= 15 is 0 Å². The fourth-order valence-electron chi connectivity index (χ4n) is 5.74. The van der Waals surface area contributed by atoms with Crippen molar-refractivity contribution in [1.29, 1.82) is 0 Å². The maximum atomic E-state index is 11.9. The number of rotatable bonds is 9. The Kier molecular flexibility index (Phi) is 9.69. The fourth-order valence-corrected chi connectivity index (χ4v) is 5.74. The minimum atomic E-state index is -0.546. The summed E-state index contributed by atoms with van der Waals surface area (Å²) in [6, 6.07) is 24.1. The second-order valence-electron chi connectivity index (χ2n) is 11.0. The quantitative estimate of drug-likeness (QED) is 0.307. The van der Waals surface area contributed by atoms with Gasteiger partial charge in [0.05, 0.1) is 24.9 Å². The molecule has 0 radical (unpaired) electrons. The number of hydrogen-bond acceptors (Lipinski definition) is 6. The van der Waals surface area contributed by atoms with Gasteiger partial charge in [0.25, 0.3) is 0 Å². The third kappa shape index (κ3) is 7.15. The topological polar surface area (TPSA) is 103 Å². The van der Waals surface area contributed by atoms with Crippen LogP contribution in [-0.2, 0) is 22.6 Å². The van der Waals surface area contributed by atoms with Crippen molar-refractivity contribution in [2.45, 2.75) is 58.0 Å². The van der Waals surface area contributed by atoms with E-state index in [0.29, 0.717) is 19.6 Å². The van der Waals surface area contributed by atoms with Crippen LogP contribution in [0.25, 0.3) is 11.1 Å². The van der Waals surface area contributed by atoms with Crippen LogP contribution in [0.5, 0.6) is 0 Å². The first-order valence-electron chi connectivity index (χ1n) is 14.6. The first kappa shape index (κ1) is 29.2. The lowest BCUT2D eigenvalue weighted by atomic mass is 9.90. The predicted octanol–water partition coefficient (Wildman–Crippen LogP) is 4.52. The molecule has 41 heavy (non-hydrogen) atoms. The van der Waals surface area contributed by atoms with Crippen molar-refractivity contribution < 1.29 is 24.5 Å². The number of carbonyl (C=O) groups excluding carboxylic acids is 1. The van der Waals surface area contributed by atoms with E-state index in [0.717, 1.165) is 52.9 Å². The Bertz CT molecular complexity index is 1280. The molecule has 2 aliphatic rings. The molecule has 2 saturated heterocycles. The van der Waals surface area contributed by atoms with Crippen LogP contribution in [0, 0.1) is 5.92 Å². The van der Waals surface area contributed by atoms with Gasteiger partial charge < -0.3 is 30.3 Å². The molecule has 3 aromatic rings. The van der Waals surface area contributed by atoms with E-state index in [4.69, 9.17) is 9.47 Å². The minimum Gasteiger partial charge on any atom is -0.392 e. The number of nitrogens with one attached hydrogen (secondary N) is 2. The SMILES string of the molecule is CCNC(=O)NCc1ccccc1-c1ccc([C@H]2O[C@@H](CN3CC[C@H](O)C3)[C@@H](C)[C@@H](c3ccc(CO)cc3)O2)cc1. The molecule has 0 aliphatic carbocycles. The van der Waals surface area contributed by atoms with Gasteiger partial charge >= 0.3 is 6.03 Å². The zero-order valence-corrected chi connectivity index (χ0v) is 23.8. The second-order valence-corrected chi connectivity index (χ2v) is 11.0. The van der Waals surface area contributed by atoms with Crippen LogP contribution in [-0.4, -0.2) is 59.5 Å². The summed E-state index contributed by atoms with van der Waals surface area (Å²) in [5.41, 5.74) is 5.99. The Hall–Kier alpha value is -3.27. The van der Waals surface area contributed by atoms with Crippen molar-refractivity contribution in [1.82, 2.24) is 15.5 Å². The summed E-state index contributed by atoms with van der Waals surface area (Å²) in [4.78, 5) is 14.2. The molecule has 2 fully saturated rings. The molecule has 2 aliphatic heterocycles. The third-order valence-corrected chi connectivity index (χ3v) is 8.10. The molecular formula is C33H41N3O5. The second kappa shape index (κ2) is 13.6. The summed E-state index contributed by atoms with van der Waals surface area (Å²) in [7, 11) is 0. The molecular weight excluding hydrogens is 518 g/mol. The number of carbonyl (C=O) groups is 1. The molecule has 4 N–H and O–H groups in total. The highest BCUT2D eigenvalue weighted by atomic mass is 16.7. The average Bonchev–Trinajstić information content (AvgIpc) is 3.42. The normalized spacial score (nSPS) is 24.7. The number of aliphatic hydroxyl groups is 2. The van der Waals surface area contributed by atoms with Crippen LogP contribution in [0.2, 0.25) is 0 Å². The molecule has 5 atom stereocenters. The number of amides is 2. The number of aliphatic hydroxyl groups excluding tert-OH is 2. The van der Waals surface area contributed by atoms with Gasteiger partial charge in [-0.15, -0.1) is 0 Å². The molecule has 0 unspecified atom stereocenters. The Morgan fingerprint density at radius 2 is 1.71 bits per heavy atom. The molecule has 2 amide bonds. The first-order chi connectivity index (χ1) is 19.9. The van der Waals surface area contributed by atoms with E-state index in [2.05, 4.69) is 40.7 Å². The Morgan fingerprint density at radius 1 is 0.976 bits per heavy atom. The molecule has 0 bridgehead atoms. The van der Waals surface area contributed by atoms with Crippen molar-refractivity contribution in [3.63, 3.8) is 0 Å². The van der Waals surface area contributed by atoms with Crippen LogP contribution < -0.4 is 10.6 Å². The van der Waals surface area contributed by atoms with Crippen molar-refractivity contribution in [3.05, 3.63) is 95.1 Å². The van der Waals surface area contributed by atoms with Crippen LogP contribution in [0.4, 0.5) is 4.79 Å². The summed E-state index contributed by atoms with van der Waals surface area (Å²) in [5.74, 6) is 0.0903. The number of benzene rings is 3. The van der Waals surface area contributed by atoms with Gasteiger partial charge in [-0.1, -0.05) is 79.7 Å². The van der Waals surface area contributed by atoms with Crippen LogP contribution in [0.3, 0.4) is 0 Å². The highest BCUT2D eigenvalue weighted by Gasteiger charge is 2.39. The zero-order valence-electron chi connectivity index (χ0n) is 23.8. The third-order valence-electron chi connectivity index (χ3n) is 8.10. The molecule has 0 aromatic heterocycles. The number of nitrogens with zero attached hydrogens (tertiary/aromatic N) is 1. The lowest BCUT2D eigenvalue weighted by molar-refractivity contribution is -0.276. The number of urea groups is 1. The van der Waals surface area contributed by atoms with Gasteiger partial charge in [-0.25, -0.2) is 4.79 Å². The molecule has 3 aromatic carbocycles. The van der Waals surface area contributed by atoms with Gasteiger partial charge in [0, 0.05) is 44.2 Å². The van der Waals surface area contributed by atoms with E-state index in [1.807, 2.05) is 61.5 Å². The highest BCUT2D eigenvalue weighted by Crippen LogP contribution is 2.42. The lowest BCUT2D eigenvalue weighted by Crippen LogP contribution is -2.44. The molecule has 218 valence electrons. The number of likely N-dealkylation sites (tertiary alicyclic amines) is 1. The summed E-state index contributed by atoms with van der Waals surface area (Å²) in [6.07, 6.45) is -0.305. The van der Waals surface area contributed by atoms with Gasteiger partial charge in [-0.2, -0.15) is 0 Å². The largest absolute Gasteiger partial charge is 0.392 e. The van der Waals surface area contributed by atoms with Gasteiger partial charge in [-0.05, 0) is 41.2 Å². The van der Waals surface area contributed by atoms with Crippen LogP contribution >= 0.6 is 0 Å². The number of ether oxygens (including phenoxy) is 2. The molecule has 0 saturated carbocycles. The van der Waals surface area contributed by atoms with Crippen LogP contribution in [0.1, 0.15) is 54.9 Å². The maximum absolute atomic E-state index is 11.9. The molecule has 2 heterocycles. The molecule has 5 rings (SSSR count). The number of β-amino-alcohol motifs (C(OH)–C–C–N with tert-alkyl or cyclic N) is 1. The lowest BCUT2D eigenvalue weighted by Gasteiger charge is -2.42. The predicted molar refractivity (Wildman–Crippen MR) is 158 cm³/mol. The van der Waals surface area contributed by atoms with Crippen LogP contribution in [0.15, 0.2) is 72.8 Å². The van der Waals surface area contributed by atoms with E-state index in [1.54, 1.807) is 0 Å². The summed E-state index contributed by atoms with van der Waals surface area (Å²) >= 11 is 0. The smallest absolute Gasteiger partial charge is 0.315 e. The van der Waals surface area contributed by atoms with Gasteiger partial charge in [0.2, 0.25) is 0 Å². The molecule has 8 nitrogen and oxygen atoms in total. The Labute approximate surface area is 242 Å². The monoisotopic (exact) mass is 559 g/mol. The highest BCUT2D eigenvalue weighted by molar-refractivity contribution is 5.74. The van der Waals surface area contributed by atoms with Crippen molar-refractivity contribution in [2.75, 3.05) is 26.2 Å². The molecule has 8 heteroatoms. The van der Waals surface area contributed by atoms with Crippen molar-refractivity contribution >= 4 is 6.03 Å². The van der Waals surface area contributed by atoms with E-state index in [9.17, 15) is 15.0 Å². The average molecular weight is 560 g/mol. The van der Waals surface area contributed by atoms with E-state index in [-0.39, 0.29) is 36.9 Å². The summed E-state index contributed by atoms with van der Waals surface area (Å²) < 4.78 is 13.2. The Morgan fingerprint density at radius 3 is 2.39 bits per heavy atom. The molecule has 0 spiro atoms. The minimum absolute atomic E-state index is 0.00445. The standard InChI is InChI=1S/C33H41N3O5/c1-3-34-33(39)35-18-27-6-4-5-7-29(27)24-12-14-26(15-13-24)32-40-30(20-36-17-16-28(38)19-36)22(2)31(41-32)25-10-8-23(21-37)9-11-25/h4-15,22,28,30-32,37-38H,3,16-21H2,1-2H3,(H2,34,35,39)/t22-,28+,30+,31+,32+/m1/s1. The van der Waals surface area contributed by atoms with Gasteiger partial charge in [0.15, 0.2) is 6.29 Å². The summed E-state index contributed by atoms with van der Waals surface area (Å²) in [5, 5.41) is 25.3. The summed E-state index contributed by atoms with van der Waals surface area (Å²) in [6.45, 7) is 7.32. The van der Waals surface area contributed by atoms with E-state index < -0.39 is 6.29 Å². The number of hydrogen-bond donors (Lipinski definition) is 4. The fraction of sp³-hybridized carbons (Fsp3) is 0.424. The first-order valence-corrected chi connectivity index (χ1v) is 14.6. The van der Waals surface area contributed by atoms with Crippen molar-refractivity contribution in [3.8, 4) is 11.1 Å². The maximum Gasteiger partial charge on any atom is 0.315 e. The Balaban J connectivity index is 1.36. The van der Waals surface area contributed by atoms with Gasteiger partial charge in [0.1, 0.15) is 0 Å².